The molecule has 0 N–H and O–H groups in total. The highest BCUT2D eigenvalue weighted by Gasteiger charge is 2.41. The minimum Gasteiger partial charge on any atom is -0.492 e. The number of hydrogen-bond donors (Lipinski definition) is 0. The van der Waals surface area contributed by atoms with E-state index in [1.54, 1.807) is 18.2 Å². The number of nitrogens with zero attached hydrogens (tertiary/aromatic N) is 4. The van der Waals surface area contributed by atoms with E-state index < -0.39 is 17.9 Å². The number of benzene rings is 2. The Balaban J connectivity index is 1.21. The molecular formula is C34H36N4O5. The van der Waals surface area contributed by atoms with Crippen molar-refractivity contribution in [2.24, 2.45) is 0 Å². The van der Waals surface area contributed by atoms with E-state index in [0.717, 1.165) is 27.5 Å². The first-order valence-corrected chi connectivity index (χ1v) is 14.6. The Bertz CT molecular complexity index is 1690. The zero-order valence-corrected chi connectivity index (χ0v) is 25.0. The number of imide groups is 1. The van der Waals surface area contributed by atoms with Crippen molar-refractivity contribution in [3.63, 3.8) is 0 Å². The number of ether oxygens (including phenoxy) is 1. The third-order valence-electron chi connectivity index (χ3n) is 7.82. The number of Topliss-reactive ketones (excluding diaryl/α,β-unsaturated/α-hetero) is 2. The number of carbonyl (C=O) groups is 4. The second kappa shape index (κ2) is 12.6. The Labute approximate surface area is 251 Å². The fourth-order valence-corrected chi connectivity index (χ4v) is 5.33. The van der Waals surface area contributed by atoms with E-state index in [2.05, 4.69) is 36.1 Å². The van der Waals surface area contributed by atoms with E-state index in [9.17, 15) is 19.2 Å². The van der Waals surface area contributed by atoms with Crippen LogP contribution in [0.1, 0.15) is 65.8 Å². The lowest BCUT2D eigenvalue weighted by atomic mass is 10.0. The molecule has 3 heterocycles. The number of likely N-dealkylation sites (N-methyl/N-ethyl adjacent to an activating group) is 1. The van der Waals surface area contributed by atoms with Crippen molar-refractivity contribution in [2.75, 3.05) is 25.1 Å². The van der Waals surface area contributed by atoms with Crippen LogP contribution < -0.4 is 9.64 Å². The van der Waals surface area contributed by atoms with E-state index >= 15 is 0 Å². The summed E-state index contributed by atoms with van der Waals surface area (Å²) in [7, 11) is 1.97. The standard InChI is InChI=1S/C34H36N4O5/c1-5-6-26(40)11-14-31(23(3)39)38-33(41)28-13-12-27(20-29(28)34(38)42)43-18-17-36(4)25-15-16-37-21-30(35-32(37)19-25)24-9-7-22(2)8-10-24/h7-10,12-13,15-16,19-21,31H,5-6,11,14,17-18H2,1-4H3. The van der Waals surface area contributed by atoms with Crippen molar-refractivity contribution in [2.45, 2.75) is 52.5 Å². The highest BCUT2D eigenvalue weighted by atomic mass is 16.5. The Morgan fingerprint density at radius 3 is 2.44 bits per heavy atom. The van der Waals surface area contributed by atoms with Crippen molar-refractivity contribution in [3.05, 3.63) is 83.7 Å². The van der Waals surface area contributed by atoms with Gasteiger partial charge < -0.3 is 14.0 Å². The summed E-state index contributed by atoms with van der Waals surface area (Å²) in [4.78, 5) is 58.6. The average Bonchev–Trinajstić information content (AvgIpc) is 3.52. The number of carbonyl (C=O) groups excluding carboxylic acids is 4. The van der Waals surface area contributed by atoms with Crippen molar-refractivity contribution < 1.29 is 23.9 Å². The van der Waals surface area contributed by atoms with Crippen LogP contribution in [0, 0.1) is 6.92 Å². The molecule has 5 rings (SSSR count). The molecule has 2 aromatic heterocycles. The van der Waals surface area contributed by atoms with Crippen LogP contribution in [0.15, 0.2) is 67.0 Å². The molecule has 1 aliphatic heterocycles. The Hall–Kier alpha value is -4.79. The van der Waals surface area contributed by atoms with Gasteiger partial charge >= 0.3 is 0 Å². The second-order valence-corrected chi connectivity index (χ2v) is 11.1. The van der Waals surface area contributed by atoms with Crippen molar-refractivity contribution in [1.82, 2.24) is 14.3 Å². The van der Waals surface area contributed by atoms with Gasteiger partial charge in [0.15, 0.2) is 5.78 Å². The number of aryl methyl sites for hydroxylation is 1. The number of fused-ring (bicyclic) bond motifs is 2. The van der Waals surface area contributed by atoms with Crippen LogP contribution >= 0.6 is 0 Å². The predicted octanol–water partition coefficient (Wildman–Crippen LogP) is 5.53. The summed E-state index contributed by atoms with van der Waals surface area (Å²) >= 11 is 0. The van der Waals surface area contributed by atoms with Gasteiger partial charge in [-0.3, -0.25) is 24.1 Å². The maximum Gasteiger partial charge on any atom is 0.262 e. The lowest BCUT2D eigenvalue weighted by Crippen LogP contribution is -2.44. The second-order valence-electron chi connectivity index (χ2n) is 11.1. The van der Waals surface area contributed by atoms with Gasteiger partial charge in [-0.25, -0.2) is 4.98 Å². The Kier molecular flexibility index (Phi) is 8.71. The molecule has 0 bridgehead atoms. The first-order chi connectivity index (χ1) is 20.7. The van der Waals surface area contributed by atoms with Crippen molar-refractivity contribution in [1.29, 1.82) is 0 Å². The molecule has 9 heteroatoms. The summed E-state index contributed by atoms with van der Waals surface area (Å²) in [5.41, 5.74) is 5.44. The average molecular weight is 581 g/mol. The molecule has 0 fully saturated rings. The fourth-order valence-electron chi connectivity index (χ4n) is 5.33. The fraction of sp³-hybridized carbons (Fsp3) is 0.324. The molecule has 0 spiro atoms. The van der Waals surface area contributed by atoms with Gasteiger partial charge in [-0.15, -0.1) is 0 Å². The lowest BCUT2D eigenvalue weighted by molar-refractivity contribution is -0.122. The summed E-state index contributed by atoms with van der Waals surface area (Å²) in [6, 6.07) is 16.1. The van der Waals surface area contributed by atoms with Gasteiger partial charge in [0.1, 0.15) is 23.8 Å². The molecule has 1 aliphatic rings. The van der Waals surface area contributed by atoms with Gasteiger partial charge in [0, 0.05) is 49.6 Å². The summed E-state index contributed by atoms with van der Waals surface area (Å²) < 4.78 is 7.95. The van der Waals surface area contributed by atoms with Crippen LogP contribution in [0.2, 0.25) is 0 Å². The van der Waals surface area contributed by atoms with Crippen LogP contribution in [0.5, 0.6) is 5.75 Å². The number of ketones is 2. The number of amides is 2. The number of aromatic nitrogens is 2. The smallest absolute Gasteiger partial charge is 0.262 e. The normalized spacial score (nSPS) is 13.3. The molecule has 2 amide bonds. The van der Waals surface area contributed by atoms with E-state index in [1.165, 1.54) is 12.5 Å². The maximum absolute atomic E-state index is 13.3. The van der Waals surface area contributed by atoms with Crippen LogP contribution in [0.4, 0.5) is 5.69 Å². The van der Waals surface area contributed by atoms with E-state index in [1.807, 2.05) is 42.9 Å². The zero-order chi connectivity index (χ0) is 30.7. The van der Waals surface area contributed by atoms with E-state index in [-0.39, 0.29) is 35.5 Å². The van der Waals surface area contributed by atoms with Gasteiger partial charge in [-0.05, 0) is 51.0 Å². The van der Waals surface area contributed by atoms with Crippen LogP contribution in [-0.4, -0.2) is 63.9 Å². The van der Waals surface area contributed by atoms with Crippen molar-refractivity contribution >= 4 is 34.7 Å². The molecule has 222 valence electrons. The Morgan fingerprint density at radius 2 is 1.72 bits per heavy atom. The molecule has 1 atom stereocenters. The monoisotopic (exact) mass is 580 g/mol. The molecule has 1 unspecified atom stereocenters. The number of pyridine rings is 1. The molecule has 9 nitrogen and oxygen atoms in total. The van der Waals surface area contributed by atoms with Crippen LogP contribution in [0.25, 0.3) is 16.9 Å². The summed E-state index contributed by atoms with van der Waals surface area (Å²) in [5.74, 6) is -0.905. The number of hydrogen-bond acceptors (Lipinski definition) is 7. The lowest BCUT2D eigenvalue weighted by Gasteiger charge is -2.23. The number of anilines is 1. The van der Waals surface area contributed by atoms with Gasteiger partial charge in [-0.2, -0.15) is 0 Å². The van der Waals surface area contributed by atoms with Crippen molar-refractivity contribution in [3.8, 4) is 17.0 Å². The Morgan fingerprint density at radius 1 is 0.977 bits per heavy atom. The predicted molar refractivity (Wildman–Crippen MR) is 165 cm³/mol. The molecule has 0 aliphatic carbocycles. The molecule has 0 saturated carbocycles. The topological polar surface area (TPSA) is 101 Å². The molecule has 43 heavy (non-hydrogen) atoms. The SMILES string of the molecule is CCCC(=O)CCC(C(C)=O)N1C(=O)c2ccc(OCCN(C)c3ccn4cc(-c5ccc(C)cc5)nc4c3)cc2C1=O. The zero-order valence-electron chi connectivity index (χ0n) is 25.0. The van der Waals surface area contributed by atoms with Gasteiger partial charge in [0.2, 0.25) is 0 Å². The third-order valence-corrected chi connectivity index (χ3v) is 7.82. The summed E-state index contributed by atoms with van der Waals surface area (Å²) in [5, 5.41) is 0. The van der Waals surface area contributed by atoms with Gasteiger partial charge in [-0.1, -0.05) is 36.8 Å². The molecule has 2 aromatic carbocycles. The third kappa shape index (κ3) is 6.35. The van der Waals surface area contributed by atoms with Gasteiger partial charge in [0.25, 0.3) is 11.8 Å². The molecule has 0 radical (unpaired) electrons. The minimum absolute atomic E-state index is 0.0164. The number of rotatable bonds is 13. The highest BCUT2D eigenvalue weighted by molar-refractivity contribution is 6.23. The van der Waals surface area contributed by atoms with Crippen LogP contribution in [-0.2, 0) is 9.59 Å². The minimum atomic E-state index is -0.966. The summed E-state index contributed by atoms with van der Waals surface area (Å²) in [6.07, 6.45) is 5.40. The van der Waals surface area contributed by atoms with Gasteiger partial charge in [0.05, 0.1) is 29.4 Å². The summed E-state index contributed by atoms with van der Waals surface area (Å²) in [6.45, 7) is 6.21. The molecule has 0 saturated heterocycles. The van der Waals surface area contributed by atoms with E-state index in [4.69, 9.17) is 9.72 Å². The molecule has 4 aromatic rings. The number of imidazole rings is 1. The highest BCUT2D eigenvalue weighted by Crippen LogP contribution is 2.30. The largest absolute Gasteiger partial charge is 0.492 e. The van der Waals surface area contributed by atoms with Crippen LogP contribution in [0.3, 0.4) is 0 Å². The molecular weight excluding hydrogens is 544 g/mol. The van der Waals surface area contributed by atoms with E-state index in [0.29, 0.717) is 31.7 Å². The first kappa shape index (κ1) is 29.7. The quantitative estimate of drug-likeness (QED) is 0.192. The first-order valence-electron chi connectivity index (χ1n) is 14.6. The maximum atomic E-state index is 13.3.